The summed E-state index contributed by atoms with van der Waals surface area (Å²) in [5.41, 5.74) is 1.86. The van der Waals surface area contributed by atoms with Crippen LogP contribution in [0.1, 0.15) is 22.3 Å². The highest BCUT2D eigenvalue weighted by Gasteiger charge is 2.24. The van der Waals surface area contributed by atoms with Gasteiger partial charge in [-0.1, -0.05) is 0 Å². The van der Waals surface area contributed by atoms with E-state index in [2.05, 4.69) is 5.32 Å². The highest BCUT2D eigenvalue weighted by atomic mass is 16.5. The van der Waals surface area contributed by atoms with Gasteiger partial charge in [0.25, 0.3) is 0 Å². The van der Waals surface area contributed by atoms with E-state index in [1.807, 2.05) is 18.2 Å². The van der Waals surface area contributed by atoms with Crippen LogP contribution in [0.3, 0.4) is 0 Å². The first kappa shape index (κ1) is 11.7. The van der Waals surface area contributed by atoms with Crippen molar-refractivity contribution in [3.8, 4) is 5.75 Å². The molecule has 0 amide bonds. The molecule has 4 heteroatoms. The Morgan fingerprint density at radius 1 is 1.33 bits per heavy atom. The van der Waals surface area contributed by atoms with Crippen molar-refractivity contribution < 1.29 is 14.3 Å². The van der Waals surface area contributed by atoms with Crippen LogP contribution in [0.2, 0.25) is 0 Å². The SMILES string of the molecule is O=C(c1ccc2c(c1)CCCO2)C1CNCCO1. The van der Waals surface area contributed by atoms with E-state index in [-0.39, 0.29) is 11.9 Å². The van der Waals surface area contributed by atoms with Crippen molar-refractivity contribution in [2.45, 2.75) is 18.9 Å². The Kier molecular flexibility index (Phi) is 3.30. The van der Waals surface area contributed by atoms with E-state index in [0.29, 0.717) is 13.2 Å². The fourth-order valence-electron chi connectivity index (χ4n) is 2.43. The minimum atomic E-state index is -0.346. The van der Waals surface area contributed by atoms with Crippen molar-refractivity contribution in [2.24, 2.45) is 0 Å². The number of carbonyl (C=O) groups excluding carboxylic acids is 1. The average molecular weight is 247 g/mol. The molecule has 0 aliphatic carbocycles. The molecule has 4 nitrogen and oxygen atoms in total. The third-order valence-electron chi connectivity index (χ3n) is 3.41. The first-order valence-corrected chi connectivity index (χ1v) is 6.47. The summed E-state index contributed by atoms with van der Waals surface area (Å²) in [4.78, 5) is 12.3. The molecule has 0 radical (unpaired) electrons. The van der Waals surface area contributed by atoms with Crippen LogP contribution in [0.25, 0.3) is 0 Å². The summed E-state index contributed by atoms with van der Waals surface area (Å²) < 4.78 is 11.0. The van der Waals surface area contributed by atoms with Crippen LogP contribution in [0.15, 0.2) is 18.2 Å². The van der Waals surface area contributed by atoms with Crippen molar-refractivity contribution in [2.75, 3.05) is 26.3 Å². The van der Waals surface area contributed by atoms with Crippen LogP contribution in [-0.2, 0) is 11.2 Å². The van der Waals surface area contributed by atoms with Gasteiger partial charge >= 0.3 is 0 Å². The van der Waals surface area contributed by atoms with Gasteiger partial charge in [0.05, 0.1) is 13.2 Å². The molecule has 1 aromatic carbocycles. The third kappa shape index (κ3) is 2.26. The molecular formula is C14H17NO3. The number of hydrogen-bond donors (Lipinski definition) is 1. The fraction of sp³-hybridized carbons (Fsp3) is 0.500. The number of ketones is 1. The van der Waals surface area contributed by atoms with Gasteiger partial charge in [-0.3, -0.25) is 4.79 Å². The lowest BCUT2D eigenvalue weighted by molar-refractivity contribution is 0.0269. The normalized spacial score (nSPS) is 23.0. The lowest BCUT2D eigenvalue weighted by atomic mass is 9.99. The van der Waals surface area contributed by atoms with Gasteiger partial charge in [0.2, 0.25) is 0 Å². The van der Waals surface area contributed by atoms with Crippen molar-refractivity contribution in [1.82, 2.24) is 5.32 Å². The standard InChI is InChI=1S/C14H17NO3/c16-14(13-9-15-5-7-18-13)11-3-4-12-10(8-11)2-1-6-17-12/h3-4,8,13,15H,1-2,5-7,9H2. The van der Waals surface area contributed by atoms with E-state index in [4.69, 9.17) is 9.47 Å². The summed E-state index contributed by atoms with van der Waals surface area (Å²) in [6.07, 6.45) is 1.66. The molecule has 1 saturated heterocycles. The van der Waals surface area contributed by atoms with E-state index < -0.39 is 0 Å². The van der Waals surface area contributed by atoms with E-state index in [0.717, 1.165) is 42.9 Å². The van der Waals surface area contributed by atoms with Gasteiger partial charge in [-0.05, 0) is 36.6 Å². The number of benzene rings is 1. The Hall–Kier alpha value is -1.39. The second-order valence-corrected chi connectivity index (χ2v) is 4.70. The summed E-state index contributed by atoms with van der Waals surface area (Å²) in [5, 5.41) is 3.18. The van der Waals surface area contributed by atoms with Gasteiger partial charge in [-0.2, -0.15) is 0 Å². The van der Waals surface area contributed by atoms with Crippen molar-refractivity contribution in [3.05, 3.63) is 29.3 Å². The highest BCUT2D eigenvalue weighted by Crippen LogP contribution is 2.26. The highest BCUT2D eigenvalue weighted by molar-refractivity contribution is 6.00. The molecule has 1 aromatic rings. The first-order chi connectivity index (χ1) is 8.84. The molecule has 2 aliphatic heterocycles. The Morgan fingerprint density at radius 2 is 2.28 bits per heavy atom. The largest absolute Gasteiger partial charge is 0.493 e. The lowest BCUT2D eigenvalue weighted by Crippen LogP contribution is -2.43. The number of Topliss-reactive ketones (excluding diaryl/α,β-unsaturated/α-hetero) is 1. The number of hydrogen-bond acceptors (Lipinski definition) is 4. The second-order valence-electron chi connectivity index (χ2n) is 4.70. The molecule has 3 rings (SSSR count). The zero-order valence-corrected chi connectivity index (χ0v) is 10.3. The second kappa shape index (κ2) is 5.08. The molecule has 0 aromatic heterocycles. The van der Waals surface area contributed by atoms with Crippen molar-refractivity contribution in [3.63, 3.8) is 0 Å². The van der Waals surface area contributed by atoms with Gasteiger partial charge in [-0.25, -0.2) is 0 Å². The maximum atomic E-state index is 12.3. The number of carbonyl (C=O) groups is 1. The molecule has 18 heavy (non-hydrogen) atoms. The van der Waals surface area contributed by atoms with Gasteiger partial charge in [0.15, 0.2) is 5.78 Å². The van der Waals surface area contributed by atoms with Crippen molar-refractivity contribution in [1.29, 1.82) is 0 Å². The van der Waals surface area contributed by atoms with Crippen LogP contribution in [0.5, 0.6) is 5.75 Å². The number of morpholine rings is 1. The van der Waals surface area contributed by atoms with Crippen LogP contribution < -0.4 is 10.1 Å². The van der Waals surface area contributed by atoms with E-state index in [1.165, 1.54) is 0 Å². The van der Waals surface area contributed by atoms with Crippen LogP contribution in [0, 0.1) is 0 Å². The molecule has 1 fully saturated rings. The third-order valence-corrected chi connectivity index (χ3v) is 3.41. The molecule has 96 valence electrons. The topological polar surface area (TPSA) is 47.6 Å². The summed E-state index contributed by atoms with van der Waals surface area (Å²) in [6.45, 7) is 2.80. The molecule has 2 aliphatic rings. The molecular weight excluding hydrogens is 230 g/mol. The maximum absolute atomic E-state index is 12.3. The predicted molar refractivity (Wildman–Crippen MR) is 67.2 cm³/mol. The van der Waals surface area contributed by atoms with Gasteiger partial charge in [0.1, 0.15) is 11.9 Å². The van der Waals surface area contributed by atoms with E-state index in [9.17, 15) is 4.79 Å². The fourth-order valence-corrected chi connectivity index (χ4v) is 2.43. The number of aryl methyl sites for hydroxylation is 1. The number of ether oxygens (including phenoxy) is 2. The van der Waals surface area contributed by atoms with E-state index in [1.54, 1.807) is 0 Å². The number of nitrogens with one attached hydrogen (secondary N) is 1. The number of rotatable bonds is 2. The quantitative estimate of drug-likeness (QED) is 0.797. The predicted octanol–water partition coefficient (Wildman–Crippen LogP) is 1.18. The van der Waals surface area contributed by atoms with Gasteiger partial charge in [-0.15, -0.1) is 0 Å². The smallest absolute Gasteiger partial charge is 0.192 e. The average Bonchev–Trinajstić information content (AvgIpc) is 2.47. The molecule has 0 saturated carbocycles. The summed E-state index contributed by atoms with van der Waals surface area (Å²) in [6, 6.07) is 5.69. The van der Waals surface area contributed by atoms with Gasteiger partial charge in [0, 0.05) is 18.7 Å². The molecule has 1 atom stereocenters. The molecule has 1 unspecified atom stereocenters. The van der Waals surface area contributed by atoms with Crippen LogP contribution in [-0.4, -0.2) is 38.2 Å². The van der Waals surface area contributed by atoms with E-state index >= 15 is 0 Å². The monoisotopic (exact) mass is 247 g/mol. The zero-order valence-electron chi connectivity index (χ0n) is 10.3. The van der Waals surface area contributed by atoms with Crippen LogP contribution >= 0.6 is 0 Å². The van der Waals surface area contributed by atoms with Crippen LogP contribution in [0.4, 0.5) is 0 Å². The Balaban J connectivity index is 1.80. The number of fused-ring (bicyclic) bond motifs is 1. The molecule has 0 bridgehead atoms. The summed E-state index contributed by atoms with van der Waals surface area (Å²) in [5.74, 6) is 0.982. The minimum absolute atomic E-state index is 0.0653. The Labute approximate surface area is 106 Å². The van der Waals surface area contributed by atoms with Gasteiger partial charge < -0.3 is 14.8 Å². The Bertz CT molecular complexity index is 452. The van der Waals surface area contributed by atoms with Crippen molar-refractivity contribution >= 4 is 5.78 Å². The lowest BCUT2D eigenvalue weighted by Gasteiger charge is -2.23. The maximum Gasteiger partial charge on any atom is 0.192 e. The summed E-state index contributed by atoms with van der Waals surface area (Å²) >= 11 is 0. The first-order valence-electron chi connectivity index (χ1n) is 6.47. The minimum Gasteiger partial charge on any atom is -0.493 e. The molecule has 0 spiro atoms. The summed E-state index contributed by atoms with van der Waals surface area (Å²) in [7, 11) is 0. The molecule has 1 N–H and O–H groups in total. The molecule has 2 heterocycles. The zero-order chi connectivity index (χ0) is 12.4. The Morgan fingerprint density at radius 3 is 3.11 bits per heavy atom.